The van der Waals surface area contributed by atoms with Crippen molar-refractivity contribution < 1.29 is 44.2 Å². The van der Waals surface area contributed by atoms with E-state index in [-0.39, 0.29) is 30.1 Å². The van der Waals surface area contributed by atoms with Gasteiger partial charge in [-0.3, -0.25) is 13.2 Å². The number of alkyl halides is 6. The fourth-order valence-electron chi connectivity index (χ4n) is 4.23. The van der Waals surface area contributed by atoms with Gasteiger partial charge in [0.15, 0.2) is 17.9 Å². The van der Waals surface area contributed by atoms with Gasteiger partial charge in [0.2, 0.25) is 0 Å². The average Bonchev–Trinajstić information content (AvgIpc) is 3.19. The molecule has 1 saturated carbocycles. The van der Waals surface area contributed by atoms with Gasteiger partial charge in [0.05, 0.1) is 18.2 Å². The second kappa shape index (κ2) is 11.0. The Morgan fingerprint density at radius 3 is 2.24 bits per heavy atom. The van der Waals surface area contributed by atoms with Crippen molar-refractivity contribution >= 4 is 18.2 Å². The Hall–Kier alpha value is -1.54. The first-order chi connectivity index (χ1) is 15.9. The summed E-state index contributed by atoms with van der Waals surface area (Å²) in [6.45, 7) is 0.762. The molecule has 2 fully saturated rings. The van der Waals surface area contributed by atoms with Gasteiger partial charge in [0, 0.05) is 38.3 Å². The molecular weight excluding hydrogens is 490 g/mol. The van der Waals surface area contributed by atoms with E-state index in [4.69, 9.17) is 13.1 Å². The summed E-state index contributed by atoms with van der Waals surface area (Å²) in [5.74, 6) is -0.626. The van der Waals surface area contributed by atoms with Crippen LogP contribution in [0.15, 0.2) is 18.2 Å². The van der Waals surface area contributed by atoms with E-state index in [1.807, 2.05) is 0 Å². The normalized spacial score (nSPS) is 24.4. The molecule has 1 aromatic rings. The minimum atomic E-state index is -4.96. The van der Waals surface area contributed by atoms with Crippen molar-refractivity contribution in [3.8, 4) is 0 Å². The summed E-state index contributed by atoms with van der Waals surface area (Å²) in [6.07, 6.45) is -7.06. The van der Waals surface area contributed by atoms with E-state index in [9.17, 15) is 31.1 Å². The third-order valence-electron chi connectivity index (χ3n) is 5.94. The summed E-state index contributed by atoms with van der Waals surface area (Å²) >= 11 is 0.608. The van der Waals surface area contributed by atoms with Crippen LogP contribution in [0.2, 0.25) is 0 Å². The van der Waals surface area contributed by atoms with Crippen molar-refractivity contribution in [3.05, 3.63) is 34.9 Å². The zero-order chi connectivity index (χ0) is 25.0. The summed E-state index contributed by atoms with van der Waals surface area (Å²) < 4.78 is 94.5. The zero-order valence-electron chi connectivity index (χ0n) is 18.4. The predicted molar refractivity (Wildman–Crippen MR) is 111 cm³/mol. The predicted octanol–water partition coefficient (Wildman–Crippen LogP) is 4.63. The number of carbonyl (C=O) groups excluding carboxylic acids is 1. The van der Waals surface area contributed by atoms with E-state index in [2.05, 4.69) is 10.6 Å². The molecule has 1 heterocycles. The highest BCUT2D eigenvalue weighted by atomic mass is 32.2. The first-order valence-electron chi connectivity index (χ1n) is 10.7. The quantitative estimate of drug-likeness (QED) is 0.388. The lowest BCUT2D eigenvalue weighted by atomic mass is 9.99. The molecule has 34 heavy (non-hydrogen) atoms. The summed E-state index contributed by atoms with van der Waals surface area (Å²) in [5.41, 5.74) is -4.53. The molecule has 2 atom stereocenters. The highest BCUT2D eigenvalue weighted by molar-refractivity contribution is 7.89. The van der Waals surface area contributed by atoms with Gasteiger partial charge in [-0.15, -0.1) is 0 Å². The Morgan fingerprint density at radius 1 is 1.06 bits per heavy atom. The maximum Gasteiger partial charge on any atom is 0.416 e. The zero-order valence-corrected chi connectivity index (χ0v) is 19.2. The third-order valence-corrected chi connectivity index (χ3v) is 6.46. The van der Waals surface area contributed by atoms with Crippen molar-refractivity contribution in [3.63, 3.8) is 0 Å². The van der Waals surface area contributed by atoms with Gasteiger partial charge < -0.3 is 15.4 Å². The average molecular weight is 517 g/mol. The fraction of sp³-hybridized carbons (Fsp3) is 0.667. The van der Waals surface area contributed by atoms with Crippen molar-refractivity contribution in [2.45, 2.75) is 68.7 Å². The Morgan fingerprint density at radius 2 is 1.68 bits per heavy atom. The number of ether oxygens (including phenoxy) is 1. The van der Waals surface area contributed by atoms with E-state index in [0.717, 1.165) is 12.8 Å². The smallest absolute Gasteiger partial charge is 0.381 e. The van der Waals surface area contributed by atoms with Crippen LogP contribution in [0.1, 0.15) is 48.8 Å². The maximum atomic E-state index is 13.1. The van der Waals surface area contributed by atoms with Gasteiger partial charge in [-0.1, -0.05) is 0 Å². The molecule has 1 aliphatic heterocycles. The Bertz CT molecular complexity index is 815. The summed E-state index contributed by atoms with van der Waals surface area (Å²) in [4.78, 5) is 13.1. The molecule has 6 nitrogen and oxygen atoms in total. The number of halogens is 6. The Kier molecular flexibility index (Phi) is 8.77. The van der Waals surface area contributed by atoms with E-state index in [0.29, 0.717) is 50.5 Å². The molecule has 2 unspecified atom stereocenters. The summed E-state index contributed by atoms with van der Waals surface area (Å²) in [7, 11) is 1.35. The molecule has 1 aliphatic carbocycles. The Balaban J connectivity index is 1.71. The first-order valence-corrected chi connectivity index (χ1v) is 11.4. The molecule has 2 N–H and O–H groups in total. The molecule has 0 bridgehead atoms. The lowest BCUT2D eigenvalue weighted by molar-refractivity contribution is -0.143. The lowest BCUT2D eigenvalue weighted by Crippen LogP contribution is -2.48. The molecule has 1 amide bonds. The van der Waals surface area contributed by atoms with Crippen molar-refractivity contribution in [1.29, 1.82) is 0 Å². The molecule has 2 aliphatic rings. The third kappa shape index (κ3) is 7.00. The molecule has 192 valence electrons. The van der Waals surface area contributed by atoms with Crippen LogP contribution in [0.3, 0.4) is 0 Å². The highest BCUT2D eigenvalue weighted by Gasteiger charge is 2.48. The van der Waals surface area contributed by atoms with Crippen LogP contribution in [0.25, 0.3) is 0 Å². The second-order valence-corrected chi connectivity index (χ2v) is 9.04. The first kappa shape index (κ1) is 27.1. The van der Waals surface area contributed by atoms with E-state index < -0.39 is 41.5 Å². The molecule has 1 aromatic carbocycles. The molecule has 0 aromatic heterocycles. The number of nitrogens with one attached hydrogen (secondary N) is 2. The van der Waals surface area contributed by atoms with Crippen LogP contribution < -0.4 is 10.6 Å². The van der Waals surface area contributed by atoms with Crippen LogP contribution in [-0.2, 0) is 36.8 Å². The topological polar surface area (TPSA) is 68.8 Å². The molecular formula is C21H26F6N2O4S. The summed E-state index contributed by atoms with van der Waals surface area (Å²) in [5, 5.41) is 5.94. The van der Waals surface area contributed by atoms with Crippen molar-refractivity contribution in [1.82, 2.24) is 10.6 Å². The Labute approximate surface area is 197 Å². The van der Waals surface area contributed by atoms with E-state index in [1.54, 1.807) is 0 Å². The van der Waals surface area contributed by atoms with Gasteiger partial charge in [-0.05, 0) is 49.4 Å². The number of hydrogen-bond donors (Lipinski definition) is 2. The fourth-order valence-corrected chi connectivity index (χ4v) is 4.66. The van der Waals surface area contributed by atoms with Crippen molar-refractivity contribution in [2.75, 3.05) is 20.3 Å². The largest absolute Gasteiger partial charge is 0.416 e. The van der Waals surface area contributed by atoms with Gasteiger partial charge in [0.25, 0.3) is 5.91 Å². The lowest BCUT2D eigenvalue weighted by Gasteiger charge is -2.29. The number of hydrogen-bond acceptors (Lipinski definition) is 6. The van der Waals surface area contributed by atoms with Crippen LogP contribution in [0.5, 0.6) is 0 Å². The number of amides is 1. The van der Waals surface area contributed by atoms with Gasteiger partial charge in [0.1, 0.15) is 0 Å². The molecule has 13 heteroatoms. The minimum Gasteiger partial charge on any atom is -0.381 e. The number of rotatable bonds is 8. The SMILES string of the molecule is COSOC1(C(=O)NCc2cc(C(F)(F)F)cc(C(F)(F)F)c2)CCC(NC2CCOCC2)C1. The molecule has 0 radical (unpaired) electrons. The highest BCUT2D eigenvalue weighted by Crippen LogP contribution is 2.39. The van der Waals surface area contributed by atoms with E-state index in [1.165, 1.54) is 7.11 Å². The van der Waals surface area contributed by atoms with Crippen LogP contribution in [0, 0.1) is 0 Å². The standard InChI is InChI=1S/C21H26F6N2O4S/c1-31-34-33-19(5-2-17(11-19)29-16-3-6-32-7-4-16)18(30)28-12-13-8-14(20(22,23)24)10-15(9-13)21(25,26)27/h8-10,16-17,29H,2-7,11-12H2,1H3,(H,28,30). The van der Waals surface area contributed by atoms with Crippen molar-refractivity contribution in [2.24, 2.45) is 0 Å². The number of benzene rings is 1. The minimum absolute atomic E-state index is 0.0447. The molecule has 3 rings (SSSR count). The summed E-state index contributed by atoms with van der Waals surface area (Å²) in [6, 6.07) is 1.43. The van der Waals surface area contributed by atoms with E-state index >= 15 is 0 Å². The van der Waals surface area contributed by atoms with Gasteiger partial charge in [-0.2, -0.15) is 26.3 Å². The number of carbonyl (C=O) groups is 1. The monoisotopic (exact) mass is 516 g/mol. The molecule has 1 saturated heterocycles. The maximum absolute atomic E-state index is 13.1. The van der Waals surface area contributed by atoms with Crippen LogP contribution in [-0.4, -0.2) is 43.9 Å². The van der Waals surface area contributed by atoms with Crippen LogP contribution in [0.4, 0.5) is 26.3 Å². The van der Waals surface area contributed by atoms with Crippen LogP contribution >= 0.6 is 12.3 Å². The van der Waals surface area contributed by atoms with Gasteiger partial charge >= 0.3 is 12.4 Å². The second-order valence-electron chi connectivity index (χ2n) is 8.40. The van der Waals surface area contributed by atoms with Gasteiger partial charge in [-0.25, -0.2) is 0 Å². The molecule has 0 spiro atoms.